The molecule has 0 atom stereocenters. The SMILES string of the molecule is CCNC(=S)N/N=C\c1ccc(OCc2cccc(C)c2)c(OCC)c1. The summed E-state index contributed by atoms with van der Waals surface area (Å²) in [7, 11) is 0. The highest BCUT2D eigenvalue weighted by Gasteiger charge is 2.06. The van der Waals surface area contributed by atoms with Crippen LogP contribution in [0.25, 0.3) is 0 Å². The molecule has 6 heteroatoms. The van der Waals surface area contributed by atoms with Gasteiger partial charge >= 0.3 is 0 Å². The van der Waals surface area contributed by atoms with E-state index in [1.165, 1.54) is 5.56 Å². The zero-order valence-electron chi connectivity index (χ0n) is 15.4. The summed E-state index contributed by atoms with van der Waals surface area (Å²) in [6, 6.07) is 14.0. The van der Waals surface area contributed by atoms with E-state index >= 15 is 0 Å². The van der Waals surface area contributed by atoms with Gasteiger partial charge in [-0.2, -0.15) is 5.10 Å². The number of hydrogen-bond acceptors (Lipinski definition) is 4. The first-order valence-electron chi connectivity index (χ1n) is 8.64. The smallest absolute Gasteiger partial charge is 0.186 e. The Morgan fingerprint density at radius 1 is 1.12 bits per heavy atom. The summed E-state index contributed by atoms with van der Waals surface area (Å²) in [6.07, 6.45) is 1.69. The molecule has 0 aliphatic carbocycles. The topological polar surface area (TPSA) is 54.9 Å². The maximum Gasteiger partial charge on any atom is 0.186 e. The van der Waals surface area contributed by atoms with Crippen molar-refractivity contribution >= 4 is 23.5 Å². The van der Waals surface area contributed by atoms with Gasteiger partial charge in [0.1, 0.15) is 6.61 Å². The number of thiocarbonyl (C=S) groups is 1. The normalized spacial score (nSPS) is 10.6. The van der Waals surface area contributed by atoms with Crippen LogP contribution in [0.3, 0.4) is 0 Å². The Kier molecular flexibility index (Phi) is 7.89. The molecule has 0 aromatic heterocycles. The number of nitrogens with zero attached hydrogens (tertiary/aromatic N) is 1. The van der Waals surface area contributed by atoms with Crippen LogP contribution in [0, 0.1) is 6.92 Å². The second kappa shape index (κ2) is 10.4. The van der Waals surface area contributed by atoms with E-state index in [4.69, 9.17) is 21.7 Å². The first-order valence-corrected chi connectivity index (χ1v) is 9.05. The van der Waals surface area contributed by atoms with Gasteiger partial charge in [-0.15, -0.1) is 0 Å². The Labute approximate surface area is 160 Å². The number of aryl methyl sites for hydroxylation is 1. The number of hydrazone groups is 1. The number of benzene rings is 2. The quantitative estimate of drug-likeness (QED) is 0.420. The Morgan fingerprint density at radius 2 is 1.96 bits per heavy atom. The molecule has 2 rings (SSSR count). The third-order valence-corrected chi connectivity index (χ3v) is 3.70. The van der Waals surface area contributed by atoms with Gasteiger partial charge in [-0.3, -0.25) is 5.43 Å². The summed E-state index contributed by atoms with van der Waals surface area (Å²) >= 11 is 5.07. The monoisotopic (exact) mass is 371 g/mol. The van der Waals surface area contributed by atoms with Gasteiger partial charge in [-0.05, 0) is 62.3 Å². The van der Waals surface area contributed by atoms with Crippen LogP contribution < -0.4 is 20.2 Å². The Hall–Kier alpha value is -2.60. The fourth-order valence-electron chi connectivity index (χ4n) is 2.32. The number of hydrogen-bond donors (Lipinski definition) is 2. The molecule has 0 radical (unpaired) electrons. The molecule has 0 aliphatic heterocycles. The summed E-state index contributed by atoms with van der Waals surface area (Å²) in [5.74, 6) is 1.40. The van der Waals surface area contributed by atoms with Crippen molar-refractivity contribution in [3.63, 3.8) is 0 Å². The first kappa shape index (κ1) is 19.7. The zero-order chi connectivity index (χ0) is 18.8. The number of nitrogens with one attached hydrogen (secondary N) is 2. The third kappa shape index (κ3) is 6.37. The van der Waals surface area contributed by atoms with E-state index in [-0.39, 0.29) is 0 Å². The minimum Gasteiger partial charge on any atom is -0.490 e. The van der Waals surface area contributed by atoms with E-state index in [0.29, 0.717) is 29.8 Å². The standard InChI is InChI=1S/C20H25N3O2S/c1-4-21-20(26)23-22-13-16-9-10-18(19(12-16)24-5-2)25-14-17-8-6-7-15(3)11-17/h6-13H,4-5,14H2,1-3H3,(H2,21,23,26)/b22-13-. The van der Waals surface area contributed by atoms with E-state index in [2.05, 4.69) is 34.9 Å². The highest BCUT2D eigenvalue weighted by molar-refractivity contribution is 7.80. The first-order chi connectivity index (χ1) is 12.6. The molecule has 0 fully saturated rings. The molecule has 0 spiro atoms. The molecule has 0 amide bonds. The minimum absolute atomic E-state index is 0.492. The molecule has 0 unspecified atom stereocenters. The van der Waals surface area contributed by atoms with Crippen LogP contribution in [-0.4, -0.2) is 24.5 Å². The number of rotatable bonds is 8. The molecule has 5 nitrogen and oxygen atoms in total. The van der Waals surface area contributed by atoms with E-state index in [1.807, 2.05) is 44.2 Å². The van der Waals surface area contributed by atoms with Crippen molar-refractivity contribution in [2.45, 2.75) is 27.4 Å². The maximum atomic E-state index is 5.94. The lowest BCUT2D eigenvalue weighted by atomic mass is 10.1. The lowest BCUT2D eigenvalue weighted by molar-refractivity contribution is 0.269. The lowest BCUT2D eigenvalue weighted by Gasteiger charge is -2.13. The molecule has 0 aliphatic rings. The average molecular weight is 372 g/mol. The van der Waals surface area contributed by atoms with Crippen LogP contribution in [0.5, 0.6) is 11.5 Å². The van der Waals surface area contributed by atoms with Gasteiger partial charge < -0.3 is 14.8 Å². The van der Waals surface area contributed by atoms with Crippen LogP contribution in [0.4, 0.5) is 0 Å². The summed E-state index contributed by atoms with van der Waals surface area (Å²) in [5.41, 5.74) is 6.00. The van der Waals surface area contributed by atoms with Crippen LogP contribution in [0.15, 0.2) is 47.6 Å². The van der Waals surface area contributed by atoms with E-state index in [1.54, 1.807) is 6.21 Å². The van der Waals surface area contributed by atoms with Crippen molar-refractivity contribution in [3.8, 4) is 11.5 Å². The molecular formula is C20H25N3O2S. The number of ether oxygens (including phenoxy) is 2. The van der Waals surface area contributed by atoms with Gasteiger partial charge in [0.05, 0.1) is 12.8 Å². The predicted octanol–water partition coefficient (Wildman–Crippen LogP) is 3.79. The zero-order valence-corrected chi connectivity index (χ0v) is 16.2. The van der Waals surface area contributed by atoms with Crippen LogP contribution in [0.2, 0.25) is 0 Å². The highest BCUT2D eigenvalue weighted by atomic mass is 32.1. The Balaban J connectivity index is 2.05. The minimum atomic E-state index is 0.492. The van der Waals surface area contributed by atoms with Gasteiger partial charge in [0.15, 0.2) is 16.6 Å². The summed E-state index contributed by atoms with van der Waals surface area (Å²) in [5, 5.41) is 7.58. The highest BCUT2D eigenvalue weighted by Crippen LogP contribution is 2.29. The molecule has 2 aromatic carbocycles. The second-order valence-corrected chi connectivity index (χ2v) is 6.05. The van der Waals surface area contributed by atoms with Gasteiger partial charge in [-0.1, -0.05) is 29.8 Å². The van der Waals surface area contributed by atoms with Crippen LogP contribution >= 0.6 is 12.2 Å². The van der Waals surface area contributed by atoms with Crippen molar-refractivity contribution in [2.24, 2.45) is 5.10 Å². The largest absolute Gasteiger partial charge is 0.490 e. The molecule has 0 heterocycles. The van der Waals surface area contributed by atoms with Gasteiger partial charge in [0, 0.05) is 6.54 Å². The van der Waals surface area contributed by atoms with E-state index < -0.39 is 0 Å². The van der Waals surface area contributed by atoms with Crippen molar-refractivity contribution in [2.75, 3.05) is 13.2 Å². The van der Waals surface area contributed by atoms with E-state index in [0.717, 1.165) is 17.7 Å². The molecule has 26 heavy (non-hydrogen) atoms. The van der Waals surface area contributed by atoms with Crippen LogP contribution in [0.1, 0.15) is 30.5 Å². The molecule has 0 saturated carbocycles. The summed E-state index contributed by atoms with van der Waals surface area (Å²) in [4.78, 5) is 0. The summed E-state index contributed by atoms with van der Waals surface area (Å²) < 4.78 is 11.7. The maximum absolute atomic E-state index is 5.94. The fraction of sp³-hybridized carbons (Fsp3) is 0.300. The second-order valence-electron chi connectivity index (χ2n) is 5.65. The van der Waals surface area contributed by atoms with Crippen molar-refractivity contribution < 1.29 is 9.47 Å². The molecule has 0 saturated heterocycles. The third-order valence-electron chi connectivity index (χ3n) is 3.46. The van der Waals surface area contributed by atoms with Gasteiger partial charge in [0.25, 0.3) is 0 Å². The Morgan fingerprint density at radius 3 is 2.69 bits per heavy atom. The molecule has 138 valence electrons. The summed E-state index contributed by atoms with van der Waals surface area (Å²) in [6.45, 7) is 7.79. The van der Waals surface area contributed by atoms with E-state index in [9.17, 15) is 0 Å². The van der Waals surface area contributed by atoms with Crippen molar-refractivity contribution in [1.82, 2.24) is 10.7 Å². The molecule has 0 bridgehead atoms. The van der Waals surface area contributed by atoms with Gasteiger partial charge in [0.2, 0.25) is 0 Å². The van der Waals surface area contributed by atoms with Crippen molar-refractivity contribution in [3.05, 3.63) is 59.2 Å². The molecule has 2 aromatic rings. The van der Waals surface area contributed by atoms with Crippen molar-refractivity contribution in [1.29, 1.82) is 0 Å². The predicted molar refractivity (Wildman–Crippen MR) is 110 cm³/mol. The average Bonchev–Trinajstić information content (AvgIpc) is 2.62. The molecular weight excluding hydrogens is 346 g/mol. The van der Waals surface area contributed by atoms with Gasteiger partial charge in [-0.25, -0.2) is 0 Å². The molecule has 2 N–H and O–H groups in total. The van der Waals surface area contributed by atoms with Crippen LogP contribution in [-0.2, 0) is 6.61 Å². The fourth-order valence-corrected chi connectivity index (χ4v) is 2.52. The Bertz CT molecular complexity index is 762. The lowest BCUT2D eigenvalue weighted by Crippen LogP contribution is -2.31.